The van der Waals surface area contributed by atoms with Crippen molar-refractivity contribution in [3.8, 4) is 5.75 Å². The molecule has 5 heteroatoms. The van der Waals surface area contributed by atoms with E-state index in [9.17, 15) is 9.50 Å². The molecule has 90 valence electrons. The molecule has 0 amide bonds. The normalized spacial score (nSPS) is 12.6. The molecule has 0 aliphatic heterocycles. The Bertz CT molecular complexity index is 485. The summed E-state index contributed by atoms with van der Waals surface area (Å²) in [6, 6.07) is 5.83. The molecule has 0 fully saturated rings. The van der Waals surface area contributed by atoms with E-state index in [4.69, 9.17) is 0 Å². The Morgan fingerprint density at radius 1 is 1.47 bits per heavy atom. The summed E-state index contributed by atoms with van der Waals surface area (Å²) in [5.41, 5.74) is 1.63. The molecule has 1 aromatic heterocycles. The molecule has 3 N–H and O–H groups in total. The van der Waals surface area contributed by atoms with Crippen molar-refractivity contribution in [2.75, 3.05) is 0 Å². The monoisotopic (exact) mass is 235 g/mol. The van der Waals surface area contributed by atoms with Gasteiger partial charge in [0.1, 0.15) is 11.6 Å². The number of benzene rings is 1. The van der Waals surface area contributed by atoms with E-state index in [1.54, 1.807) is 12.3 Å². The van der Waals surface area contributed by atoms with E-state index in [1.807, 2.05) is 13.0 Å². The summed E-state index contributed by atoms with van der Waals surface area (Å²) >= 11 is 0. The topological polar surface area (TPSA) is 60.9 Å². The summed E-state index contributed by atoms with van der Waals surface area (Å²) < 4.78 is 12.8. The SMILES string of the molecule is CC(NCc1ccn[nH]1)c1ccc(F)cc1O. The van der Waals surface area contributed by atoms with Gasteiger partial charge in [-0.05, 0) is 19.1 Å². The summed E-state index contributed by atoms with van der Waals surface area (Å²) in [6.07, 6.45) is 1.68. The zero-order valence-electron chi connectivity index (χ0n) is 9.44. The number of aromatic hydroxyl groups is 1. The quantitative estimate of drug-likeness (QED) is 0.760. The number of phenols is 1. The van der Waals surface area contributed by atoms with Gasteiger partial charge in [0.15, 0.2) is 0 Å². The van der Waals surface area contributed by atoms with Crippen LogP contribution in [0.2, 0.25) is 0 Å². The van der Waals surface area contributed by atoms with Crippen molar-refractivity contribution in [3.05, 3.63) is 47.5 Å². The van der Waals surface area contributed by atoms with Gasteiger partial charge >= 0.3 is 0 Å². The molecule has 0 aliphatic rings. The number of aromatic nitrogens is 2. The van der Waals surface area contributed by atoms with Gasteiger partial charge in [0.25, 0.3) is 0 Å². The molecule has 2 rings (SSSR count). The molecular formula is C12H14FN3O. The van der Waals surface area contributed by atoms with Crippen LogP contribution in [0.25, 0.3) is 0 Å². The van der Waals surface area contributed by atoms with E-state index in [-0.39, 0.29) is 11.8 Å². The van der Waals surface area contributed by atoms with Crippen molar-refractivity contribution in [2.45, 2.75) is 19.5 Å². The standard InChI is InChI=1S/C12H14FN3O/c1-8(14-7-10-4-5-15-16-10)11-3-2-9(13)6-12(11)17/h2-6,8,14,17H,7H2,1H3,(H,15,16). The molecule has 17 heavy (non-hydrogen) atoms. The fraction of sp³-hybridized carbons (Fsp3) is 0.250. The van der Waals surface area contributed by atoms with Crippen LogP contribution in [0.3, 0.4) is 0 Å². The summed E-state index contributed by atoms with van der Waals surface area (Å²) in [5, 5.41) is 19.5. The lowest BCUT2D eigenvalue weighted by atomic mass is 10.1. The number of hydrogen-bond donors (Lipinski definition) is 3. The van der Waals surface area contributed by atoms with Crippen LogP contribution in [0.4, 0.5) is 4.39 Å². The molecule has 4 nitrogen and oxygen atoms in total. The van der Waals surface area contributed by atoms with Gasteiger partial charge in [-0.25, -0.2) is 4.39 Å². The average molecular weight is 235 g/mol. The number of hydrogen-bond acceptors (Lipinski definition) is 3. The molecule has 0 aliphatic carbocycles. The second-order valence-electron chi connectivity index (χ2n) is 3.89. The van der Waals surface area contributed by atoms with Crippen molar-refractivity contribution in [1.82, 2.24) is 15.5 Å². The van der Waals surface area contributed by atoms with Crippen molar-refractivity contribution in [3.63, 3.8) is 0 Å². The number of rotatable bonds is 4. The highest BCUT2D eigenvalue weighted by molar-refractivity contribution is 5.34. The zero-order chi connectivity index (χ0) is 12.3. The molecular weight excluding hydrogens is 221 g/mol. The van der Waals surface area contributed by atoms with Gasteiger partial charge in [-0.3, -0.25) is 5.10 Å². The van der Waals surface area contributed by atoms with Crippen LogP contribution in [0.5, 0.6) is 5.75 Å². The van der Waals surface area contributed by atoms with Crippen molar-refractivity contribution in [1.29, 1.82) is 0 Å². The first-order valence-corrected chi connectivity index (χ1v) is 5.37. The Morgan fingerprint density at radius 3 is 2.94 bits per heavy atom. The van der Waals surface area contributed by atoms with Gasteiger partial charge in [0.05, 0.1) is 0 Å². The van der Waals surface area contributed by atoms with Crippen LogP contribution in [-0.4, -0.2) is 15.3 Å². The number of halogens is 1. The van der Waals surface area contributed by atoms with Crippen LogP contribution in [0.15, 0.2) is 30.5 Å². The van der Waals surface area contributed by atoms with Crippen LogP contribution in [0, 0.1) is 5.82 Å². The molecule has 1 heterocycles. The minimum atomic E-state index is -0.438. The lowest BCUT2D eigenvalue weighted by Crippen LogP contribution is -2.18. The summed E-state index contributed by atoms with van der Waals surface area (Å²) in [4.78, 5) is 0. The first kappa shape index (κ1) is 11.6. The fourth-order valence-electron chi connectivity index (χ4n) is 1.64. The first-order valence-electron chi connectivity index (χ1n) is 5.37. The van der Waals surface area contributed by atoms with Gasteiger partial charge in [0, 0.05) is 36.1 Å². The molecule has 0 bridgehead atoms. The van der Waals surface area contributed by atoms with E-state index in [1.165, 1.54) is 6.07 Å². The maximum atomic E-state index is 12.8. The minimum absolute atomic E-state index is 0.0328. The van der Waals surface area contributed by atoms with E-state index in [0.29, 0.717) is 12.1 Å². The predicted octanol–water partition coefficient (Wildman–Crippen LogP) is 2.11. The van der Waals surface area contributed by atoms with Crippen molar-refractivity contribution >= 4 is 0 Å². The van der Waals surface area contributed by atoms with Crippen LogP contribution < -0.4 is 5.32 Å². The number of nitrogens with zero attached hydrogens (tertiary/aromatic N) is 1. The van der Waals surface area contributed by atoms with Crippen molar-refractivity contribution < 1.29 is 9.50 Å². The first-order chi connectivity index (χ1) is 8.16. The van der Waals surface area contributed by atoms with Gasteiger partial charge in [-0.1, -0.05) is 6.07 Å². The summed E-state index contributed by atoms with van der Waals surface area (Å²) in [6.45, 7) is 2.52. The second kappa shape index (κ2) is 4.97. The number of H-pyrrole nitrogens is 1. The summed E-state index contributed by atoms with van der Waals surface area (Å²) in [7, 11) is 0. The Hall–Kier alpha value is -1.88. The third-order valence-corrected chi connectivity index (χ3v) is 2.62. The molecule has 1 atom stereocenters. The minimum Gasteiger partial charge on any atom is -0.508 e. The fourth-order valence-corrected chi connectivity index (χ4v) is 1.64. The third-order valence-electron chi connectivity index (χ3n) is 2.62. The van der Waals surface area contributed by atoms with E-state index in [0.717, 1.165) is 11.8 Å². The highest BCUT2D eigenvalue weighted by atomic mass is 19.1. The lowest BCUT2D eigenvalue weighted by Gasteiger charge is -2.14. The van der Waals surface area contributed by atoms with Gasteiger partial charge in [0.2, 0.25) is 0 Å². The smallest absolute Gasteiger partial charge is 0.126 e. The Balaban J connectivity index is 2.01. The zero-order valence-corrected chi connectivity index (χ0v) is 9.44. The maximum Gasteiger partial charge on any atom is 0.126 e. The Morgan fingerprint density at radius 2 is 2.29 bits per heavy atom. The van der Waals surface area contributed by atoms with Gasteiger partial charge in [-0.15, -0.1) is 0 Å². The Labute approximate surface area is 98.5 Å². The van der Waals surface area contributed by atoms with E-state index >= 15 is 0 Å². The highest BCUT2D eigenvalue weighted by Gasteiger charge is 2.10. The highest BCUT2D eigenvalue weighted by Crippen LogP contribution is 2.24. The molecule has 2 aromatic rings. The van der Waals surface area contributed by atoms with Crippen molar-refractivity contribution in [2.24, 2.45) is 0 Å². The van der Waals surface area contributed by atoms with Crippen LogP contribution in [-0.2, 0) is 6.54 Å². The molecule has 1 unspecified atom stereocenters. The number of phenolic OH excluding ortho intramolecular Hbond substituents is 1. The average Bonchev–Trinajstić information content (AvgIpc) is 2.78. The molecule has 1 aromatic carbocycles. The van der Waals surface area contributed by atoms with Gasteiger partial charge < -0.3 is 10.4 Å². The largest absolute Gasteiger partial charge is 0.508 e. The van der Waals surface area contributed by atoms with E-state index in [2.05, 4.69) is 15.5 Å². The number of nitrogens with one attached hydrogen (secondary N) is 2. The lowest BCUT2D eigenvalue weighted by molar-refractivity contribution is 0.446. The second-order valence-corrected chi connectivity index (χ2v) is 3.89. The Kier molecular flexibility index (Phi) is 3.39. The van der Waals surface area contributed by atoms with Gasteiger partial charge in [-0.2, -0.15) is 5.10 Å². The van der Waals surface area contributed by atoms with E-state index < -0.39 is 5.82 Å². The van der Waals surface area contributed by atoms with Crippen LogP contribution in [0.1, 0.15) is 24.2 Å². The molecule has 0 spiro atoms. The number of aromatic amines is 1. The molecule has 0 saturated heterocycles. The predicted molar refractivity (Wildman–Crippen MR) is 61.9 cm³/mol. The molecule has 0 radical (unpaired) electrons. The maximum absolute atomic E-state index is 12.8. The third kappa shape index (κ3) is 2.82. The van der Waals surface area contributed by atoms with Crippen LogP contribution >= 0.6 is 0 Å². The summed E-state index contributed by atoms with van der Waals surface area (Å²) in [5.74, 6) is -0.471. The molecule has 0 saturated carbocycles.